The van der Waals surface area contributed by atoms with E-state index in [0.717, 1.165) is 21.7 Å². The summed E-state index contributed by atoms with van der Waals surface area (Å²) >= 11 is 1.34. The Morgan fingerprint density at radius 1 is 1.15 bits per heavy atom. The lowest BCUT2D eigenvalue weighted by molar-refractivity contribution is -0.120. The molecule has 7 nitrogen and oxygen atoms in total. The fourth-order valence-corrected chi connectivity index (χ4v) is 3.51. The van der Waals surface area contributed by atoms with Crippen molar-refractivity contribution in [3.8, 4) is 0 Å². The van der Waals surface area contributed by atoms with Crippen LogP contribution in [0, 0.1) is 12.8 Å². The van der Waals surface area contributed by atoms with Crippen molar-refractivity contribution in [2.75, 3.05) is 5.32 Å². The maximum Gasteiger partial charge on any atom is 0.276 e. The largest absolute Gasteiger partial charge is 0.300 e. The van der Waals surface area contributed by atoms with E-state index in [0.29, 0.717) is 10.8 Å². The molecule has 0 saturated heterocycles. The van der Waals surface area contributed by atoms with Crippen LogP contribution in [0.3, 0.4) is 0 Å². The van der Waals surface area contributed by atoms with E-state index in [1.807, 2.05) is 55.5 Å². The highest BCUT2D eigenvalue weighted by molar-refractivity contribution is 7.15. The van der Waals surface area contributed by atoms with Gasteiger partial charge in [-0.3, -0.25) is 9.59 Å². The number of rotatable bonds is 4. The van der Waals surface area contributed by atoms with Crippen LogP contribution in [0.5, 0.6) is 0 Å². The molecule has 1 unspecified atom stereocenters. The highest BCUT2D eigenvalue weighted by Gasteiger charge is 2.27. The Labute approximate surface area is 159 Å². The average molecular weight is 377 g/mol. The molecule has 1 aliphatic carbocycles. The monoisotopic (exact) mass is 377 g/mol. The van der Waals surface area contributed by atoms with E-state index in [9.17, 15) is 9.59 Å². The average Bonchev–Trinajstić information content (AvgIpc) is 3.08. The second-order valence-corrected chi connectivity index (χ2v) is 7.29. The van der Waals surface area contributed by atoms with Gasteiger partial charge in [-0.1, -0.05) is 59.9 Å². The van der Waals surface area contributed by atoms with E-state index in [1.54, 1.807) is 0 Å². The fraction of sp³-hybridized carbons (Fsp3) is 0.158. The smallest absolute Gasteiger partial charge is 0.276 e. The van der Waals surface area contributed by atoms with Crippen LogP contribution in [-0.4, -0.2) is 22.0 Å². The molecule has 0 saturated carbocycles. The Kier molecular flexibility index (Phi) is 4.55. The number of allylic oxidation sites excluding steroid dienone is 3. The fourth-order valence-electron chi connectivity index (χ4n) is 2.90. The summed E-state index contributed by atoms with van der Waals surface area (Å²) in [6.07, 6.45) is 7.67. The van der Waals surface area contributed by atoms with Crippen molar-refractivity contribution in [2.45, 2.75) is 13.3 Å². The van der Waals surface area contributed by atoms with Gasteiger partial charge in [0.15, 0.2) is 0 Å². The number of aryl methyl sites for hydroxylation is 1. The molecule has 8 heteroatoms. The van der Waals surface area contributed by atoms with Crippen molar-refractivity contribution in [3.63, 3.8) is 0 Å². The summed E-state index contributed by atoms with van der Waals surface area (Å²) in [5.74, 6) is -0.776. The zero-order valence-corrected chi connectivity index (χ0v) is 15.2. The summed E-state index contributed by atoms with van der Waals surface area (Å²) < 4.78 is 0. The topological polar surface area (TPSA) is 96.7 Å². The molecule has 1 aromatic heterocycles. The van der Waals surface area contributed by atoms with E-state index in [4.69, 9.17) is 0 Å². The summed E-state index contributed by atoms with van der Waals surface area (Å²) in [6, 6.07) is 7.52. The number of benzene rings is 1. The number of fused-ring (bicyclic) bond motifs is 1. The van der Waals surface area contributed by atoms with Gasteiger partial charge in [0, 0.05) is 5.56 Å². The number of carbonyl (C=O) groups is 2. The molecule has 0 fully saturated rings. The summed E-state index contributed by atoms with van der Waals surface area (Å²) in [4.78, 5) is 24.0. The van der Waals surface area contributed by atoms with Crippen LogP contribution >= 0.6 is 11.3 Å². The van der Waals surface area contributed by atoms with Gasteiger partial charge < -0.3 is 5.32 Å². The van der Waals surface area contributed by atoms with Gasteiger partial charge in [0.2, 0.25) is 11.0 Å². The van der Waals surface area contributed by atoms with Crippen molar-refractivity contribution in [3.05, 3.63) is 70.3 Å². The first kappa shape index (κ1) is 17.2. The number of nitrogens with one attached hydrogen (secondary N) is 1. The van der Waals surface area contributed by atoms with Crippen LogP contribution in [0.2, 0.25) is 0 Å². The molecule has 2 amide bonds. The number of aromatic nitrogens is 2. The van der Waals surface area contributed by atoms with E-state index in [-0.39, 0.29) is 24.2 Å². The lowest BCUT2D eigenvalue weighted by Gasteiger charge is -2.19. The molecule has 4 rings (SSSR count). The maximum absolute atomic E-state index is 12.1. The molecule has 0 radical (unpaired) electrons. The Morgan fingerprint density at radius 3 is 2.70 bits per heavy atom. The standard InChI is InChI=1S/C19H15N5O2S/c1-11-21-24-19(27-11)20-16(25)10-12-6-8-13(9-7-12)17-14-4-2-3-5-15(14)18(26)23-22-17/h2-9,15H,10H2,1H3,(H,20,24,25). The normalized spacial score (nSPS) is 18.0. The summed E-state index contributed by atoms with van der Waals surface area (Å²) in [5, 5.41) is 19.6. The van der Waals surface area contributed by atoms with Crippen LogP contribution in [0.1, 0.15) is 16.1 Å². The lowest BCUT2D eigenvalue weighted by atomic mass is 9.89. The number of azo groups is 1. The number of carbonyl (C=O) groups excluding carboxylic acids is 2. The number of amides is 2. The molecular weight excluding hydrogens is 362 g/mol. The molecule has 0 spiro atoms. The summed E-state index contributed by atoms with van der Waals surface area (Å²) in [6.45, 7) is 1.83. The third-order valence-corrected chi connectivity index (χ3v) is 4.93. The highest BCUT2D eigenvalue weighted by Crippen LogP contribution is 2.34. The molecule has 1 N–H and O–H groups in total. The van der Waals surface area contributed by atoms with Gasteiger partial charge in [-0.2, -0.15) is 0 Å². The summed E-state index contributed by atoms with van der Waals surface area (Å²) in [5.41, 5.74) is 3.24. The van der Waals surface area contributed by atoms with E-state index >= 15 is 0 Å². The predicted octanol–water partition coefficient (Wildman–Crippen LogP) is 3.47. The van der Waals surface area contributed by atoms with Crippen molar-refractivity contribution in [1.29, 1.82) is 0 Å². The zero-order valence-electron chi connectivity index (χ0n) is 14.4. The predicted molar refractivity (Wildman–Crippen MR) is 102 cm³/mol. The minimum absolute atomic E-state index is 0.149. The van der Waals surface area contributed by atoms with Gasteiger partial charge in [0.25, 0.3) is 5.91 Å². The molecule has 1 aromatic carbocycles. The second kappa shape index (κ2) is 7.16. The van der Waals surface area contributed by atoms with Crippen LogP contribution < -0.4 is 5.32 Å². The van der Waals surface area contributed by atoms with Crippen molar-refractivity contribution in [1.82, 2.24) is 10.2 Å². The number of anilines is 1. The Bertz CT molecular complexity index is 1030. The lowest BCUT2D eigenvalue weighted by Crippen LogP contribution is -2.17. The molecule has 1 aliphatic heterocycles. The van der Waals surface area contributed by atoms with Crippen molar-refractivity contribution < 1.29 is 9.59 Å². The number of nitrogens with zero attached hydrogens (tertiary/aromatic N) is 4. The van der Waals surface area contributed by atoms with Crippen LogP contribution in [0.4, 0.5) is 5.13 Å². The van der Waals surface area contributed by atoms with Gasteiger partial charge in [-0.05, 0) is 18.1 Å². The first-order chi connectivity index (χ1) is 13.1. The third-order valence-electron chi connectivity index (χ3n) is 4.18. The molecule has 2 aliphatic rings. The molecule has 27 heavy (non-hydrogen) atoms. The zero-order chi connectivity index (χ0) is 18.8. The van der Waals surface area contributed by atoms with Crippen LogP contribution in [0.15, 0.2) is 64.4 Å². The van der Waals surface area contributed by atoms with E-state index < -0.39 is 0 Å². The second-order valence-electron chi connectivity index (χ2n) is 6.11. The summed E-state index contributed by atoms with van der Waals surface area (Å²) in [7, 11) is 0. The van der Waals surface area contributed by atoms with Crippen LogP contribution in [0.25, 0.3) is 5.70 Å². The van der Waals surface area contributed by atoms with Gasteiger partial charge in [-0.15, -0.1) is 20.4 Å². The third kappa shape index (κ3) is 3.65. The highest BCUT2D eigenvalue weighted by atomic mass is 32.1. The van der Waals surface area contributed by atoms with Crippen LogP contribution in [-0.2, 0) is 16.0 Å². The molecule has 134 valence electrons. The number of hydrogen-bond donors (Lipinski definition) is 1. The molecule has 2 heterocycles. The maximum atomic E-state index is 12.1. The van der Waals surface area contributed by atoms with E-state index in [1.165, 1.54) is 11.3 Å². The van der Waals surface area contributed by atoms with Gasteiger partial charge in [0.1, 0.15) is 5.01 Å². The minimum Gasteiger partial charge on any atom is -0.300 e. The first-order valence-electron chi connectivity index (χ1n) is 8.34. The van der Waals surface area contributed by atoms with Crippen molar-refractivity contribution in [2.24, 2.45) is 16.1 Å². The van der Waals surface area contributed by atoms with Gasteiger partial charge in [0.05, 0.1) is 18.0 Å². The number of hydrogen-bond acceptors (Lipinski definition) is 6. The first-order valence-corrected chi connectivity index (χ1v) is 9.16. The molecule has 0 bridgehead atoms. The molecule has 2 aromatic rings. The SMILES string of the molecule is Cc1nnc(NC(=O)Cc2ccc(C3=C4C=CC=CC4C(=O)N=N3)cc2)s1. The van der Waals surface area contributed by atoms with Gasteiger partial charge >= 0.3 is 0 Å². The molecule has 1 atom stereocenters. The Hall–Kier alpha value is -3.26. The van der Waals surface area contributed by atoms with Crippen molar-refractivity contribution >= 4 is 34.0 Å². The Balaban J connectivity index is 1.50. The Morgan fingerprint density at radius 2 is 1.96 bits per heavy atom. The minimum atomic E-state index is -0.372. The molecular formula is C19H15N5O2S. The quantitative estimate of drug-likeness (QED) is 0.882. The van der Waals surface area contributed by atoms with E-state index in [2.05, 4.69) is 25.7 Å². The van der Waals surface area contributed by atoms with Gasteiger partial charge in [-0.25, -0.2) is 0 Å².